The van der Waals surface area contributed by atoms with E-state index in [0.29, 0.717) is 28.3 Å². The van der Waals surface area contributed by atoms with Crippen LogP contribution in [0.4, 0.5) is 11.6 Å². The highest BCUT2D eigenvalue weighted by Crippen LogP contribution is 2.22. The number of piperazine rings is 1. The molecule has 0 aromatic carbocycles. The van der Waals surface area contributed by atoms with Gasteiger partial charge in [-0.3, -0.25) is 4.79 Å². The Morgan fingerprint density at radius 3 is 2.66 bits per heavy atom. The van der Waals surface area contributed by atoms with Gasteiger partial charge >= 0.3 is 0 Å². The molecule has 0 radical (unpaired) electrons. The van der Waals surface area contributed by atoms with Crippen LogP contribution in [0, 0.1) is 0 Å². The summed E-state index contributed by atoms with van der Waals surface area (Å²) in [5, 5.41) is 3.76. The number of pyridine rings is 3. The number of aromatic nitrogens is 6. The molecule has 1 saturated heterocycles. The first-order valence-corrected chi connectivity index (χ1v) is 11.4. The van der Waals surface area contributed by atoms with Crippen molar-refractivity contribution < 1.29 is 4.79 Å². The molecule has 1 aliphatic heterocycles. The second kappa shape index (κ2) is 8.73. The summed E-state index contributed by atoms with van der Waals surface area (Å²) in [6, 6.07) is 11.0. The van der Waals surface area contributed by atoms with E-state index in [-0.39, 0.29) is 5.91 Å². The zero-order chi connectivity index (χ0) is 23.8. The van der Waals surface area contributed by atoms with Gasteiger partial charge in [-0.2, -0.15) is 0 Å². The van der Waals surface area contributed by atoms with E-state index in [1.807, 2.05) is 24.3 Å². The van der Waals surface area contributed by atoms with Crippen LogP contribution in [0.3, 0.4) is 0 Å². The van der Waals surface area contributed by atoms with Crippen molar-refractivity contribution in [2.75, 3.05) is 43.4 Å². The maximum atomic E-state index is 13.0. The third-order valence-electron chi connectivity index (χ3n) is 6.17. The molecular weight excluding hydrogens is 442 g/mol. The Morgan fingerprint density at radius 2 is 1.77 bits per heavy atom. The normalized spacial score (nSPS) is 14.5. The van der Waals surface area contributed by atoms with Gasteiger partial charge in [0.25, 0.3) is 5.91 Å². The van der Waals surface area contributed by atoms with Gasteiger partial charge in [0.15, 0.2) is 5.65 Å². The van der Waals surface area contributed by atoms with Gasteiger partial charge in [-0.25, -0.2) is 24.9 Å². The third-order valence-corrected chi connectivity index (χ3v) is 6.17. The average Bonchev–Trinajstić information content (AvgIpc) is 3.37. The van der Waals surface area contributed by atoms with E-state index in [1.54, 1.807) is 36.9 Å². The van der Waals surface area contributed by atoms with Crippen molar-refractivity contribution in [3.05, 3.63) is 66.7 Å². The minimum atomic E-state index is -0.241. The van der Waals surface area contributed by atoms with Crippen molar-refractivity contribution in [1.82, 2.24) is 34.8 Å². The van der Waals surface area contributed by atoms with Crippen LogP contribution in [0.5, 0.6) is 0 Å². The Labute approximate surface area is 201 Å². The molecular formula is C25H23N9O. The highest BCUT2D eigenvalue weighted by atomic mass is 16.1. The SMILES string of the molecule is CN1CCN(c2cc(C(=O)Nc3cc4nc(-c5cnc6[nH]ccc6n5)ccc4cn3)ccn2)CC1. The van der Waals surface area contributed by atoms with Crippen molar-refractivity contribution in [2.45, 2.75) is 0 Å². The Bertz CT molecular complexity index is 1540. The van der Waals surface area contributed by atoms with Crippen LogP contribution in [0.1, 0.15) is 10.4 Å². The lowest BCUT2D eigenvalue weighted by atomic mass is 10.2. The number of nitrogens with one attached hydrogen (secondary N) is 2. The average molecular weight is 466 g/mol. The van der Waals surface area contributed by atoms with Gasteiger partial charge < -0.3 is 20.1 Å². The maximum absolute atomic E-state index is 13.0. The molecule has 0 atom stereocenters. The summed E-state index contributed by atoms with van der Waals surface area (Å²) in [5.41, 5.74) is 4.12. The Hall–Kier alpha value is -4.44. The number of carbonyl (C=O) groups excluding carboxylic acids is 1. The molecule has 10 heteroatoms. The van der Waals surface area contributed by atoms with Crippen molar-refractivity contribution >= 4 is 39.6 Å². The number of hydrogen-bond acceptors (Lipinski definition) is 8. The lowest BCUT2D eigenvalue weighted by Crippen LogP contribution is -2.44. The fourth-order valence-corrected chi connectivity index (χ4v) is 4.14. The Morgan fingerprint density at radius 1 is 0.914 bits per heavy atom. The standard InChI is InChI=1S/C25H23N9O/c1-33-8-10-34(11-9-33)23-12-16(4-6-26-23)25(35)32-22-13-20-17(14-28-22)2-3-18(30-20)21-15-29-24-19(31-21)5-7-27-24/h2-7,12-15H,8-11H2,1H3,(H,27,29)(H,28,32,35). The van der Waals surface area contributed by atoms with E-state index in [9.17, 15) is 4.79 Å². The molecule has 10 nitrogen and oxygen atoms in total. The summed E-state index contributed by atoms with van der Waals surface area (Å²) >= 11 is 0. The summed E-state index contributed by atoms with van der Waals surface area (Å²) < 4.78 is 0. The molecule has 0 spiro atoms. The third kappa shape index (κ3) is 4.26. The molecule has 0 unspecified atom stereocenters. The van der Waals surface area contributed by atoms with Gasteiger partial charge in [-0.15, -0.1) is 0 Å². The molecule has 6 rings (SSSR count). The molecule has 0 bridgehead atoms. The molecule has 0 saturated carbocycles. The molecule has 1 fully saturated rings. The predicted molar refractivity (Wildman–Crippen MR) is 134 cm³/mol. The van der Waals surface area contributed by atoms with Gasteiger partial charge in [0, 0.05) is 61.8 Å². The molecule has 6 heterocycles. The van der Waals surface area contributed by atoms with Crippen molar-refractivity contribution in [2.24, 2.45) is 0 Å². The monoisotopic (exact) mass is 465 g/mol. The number of anilines is 2. The maximum Gasteiger partial charge on any atom is 0.257 e. The summed E-state index contributed by atoms with van der Waals surface area (Å²) in [6.45, 7) is 3.71. The Balaban J connectivity index is 1.24. The van der Waals surface area contributed by atoms with Crippen LogP contribution in [0.2, 0.25) is 0 Å². The number of carbonyl (C=O) groups is 1. The summed E-state index contributed by atoms with van der Waals surface area (Å²) in [4.78, 5) is 43.1. The largest absolute Gasteiger partial charge is 0.354 e. The van der Waals surface area contributed by atoms with Crippen molar-refractivity contribution in [1.29, 1.82) is 0 Å². The molecule has 174 valence electrons. The van der Waals surface area contributed by atoms with E-state index in [0.717, 1.165) is 48.5 Å². The first kappa shape index (κ1) is 21.1. The Kier molecular flexibility index (Phi) is 5.27. The van der Waals surface area contributed by atoms with Gasteiger partial charge in [0.1, 0.15) is 22.8 Å². The van der Waals surface area contributed by atoms with Crippen molar-refractivity contribution in [3.63, 3.8) is 0 Å². The first-order chi connectivity index (χ1) is 17.1. The zero-order valence-electron chi connectivity index (χ0n) is 19.1. The van der Waals surface area contributed by atoms with Crippen LogP contribution in [-0.4, -0.2) is 73.9 Å². The second-order valence-electron chi connectivity index (χ2n) is 8.57. The highest BCUT2D eigenvalue weighted by Gasteiger charge is 2.17. The van der Waals surface area contributed by atoms with Crippen molar-refractivity contribution in [3.8, 4) is 11.4 Å². The minimum Gasteiger partial charge on any atom is -0.354 e. The number of rotatable bonds is 4. The van der Waals surface area contributed by atoms with Gasteiger partial charge in [0.05, 0.1) is 17.4 Å². The zero-order valence-corrected chi connectivity index (χ0v) is 19.1. The molecule has 5 aromatic rings. The van der Waals surface area contributed by atoms with Crippen LogP contribution in [-0.2, 0) is 0 Å². The van der Waals surface area contributed by atoms with E-state index < -0.39 is 0 Å². The lowest BCUT2D eigenvalue weighted by Gasteiger charge is -2.33. The molecule has 5 aromatic heterocycles. The molecule has 1 amide bonds. The quantitative estimate of drug-likeness (QED) is 0.416. The van der Waals surface area contributed by atoms with E-state index in [4.69, 9.17) is 4.98 Å². The number of likely N-dealkylation sites (N-methyl/N-ethyl adjacent to an activating group) is 1. The van der Waals surface area contributed by atoms with Gasteiger partial charge in [-0.05, 0) is 37.4 Å². The number of H-pyrrole nitrogens is 1. The minimum absolute atomic E-state index is 0.241. The topological polar surface area (TPSA) is 116 Å². The molecule has 0 aliphatic carbocycles. The van der Waals surface area contributed by atoms with Crippen LogP contribution < -0.4 is 10.2 Å². The number of amides is 1. The lowest BCUT2D eigenvalue weighted by molar-refractivity contribution is 0.102. The number of nitrogens with zero attached hydrogens (tertiary/aromatic N) is 7. The van der Waals surface area contributed by atoms with Gasteiger partial charge in [-0.1, -0.05) is 0 Å². The smallest absolute Gasteiger partial charge is 0.257 e. The molecule has 2 N–H and O–H groups in total. The van der Waals surface area contributed by atoms with Gasteiger partial charge in [0.2, 0.25) is 0 Å². The summed E-state index contributed by atoms with van der Waals surface area (Å²) in [6.07, 6.45) is 6.87. The summed E-state index contributed by atoms with van der Waals surface area (Å²) in [5.74, 6) is 0.996. The van der Waals surface area contributed by atoms with Crippen LogP contribution in [0.25, 0.3) is 33.5 Å². The number of hydrogen-bond donors (Lipinski definition) is 2. The number of aromatic amines is 1. The van der Waals surface area contributed by atoms with Crippen LogP contribution in [0.15, 0.2) is 61.2 Å². The summed E-state index contributed by atoms with van der Waals surface area (Å²) in [7, 11) is 2.11. The van der Waals surface area contributed by atoms with Crippen LogP contribution >= 0.6 is 0 Å². The highest BCUT2D eigenvalue weighted by molar-refractivity contribution is 6.04. The van der Waals surface area contributed by atoms with E-state index in [1.165, 1.54) is 0 Å². The second-order valence-corrected chi connectivity index (χ2v) is 8.57. The molecule has 35 heavy (non-hydrogen) atoms. The first-order valence-electron chi connectivity index (χ1n) is 11.4. The fourth-order valence-electron chi connectivity index (χ4n) is 4.14. The van der Waals surface area contributed by atoms with E-state index >= 15 is 0 Å². The molecule has 1 aliphatic rings. The number of fused-ring (bicyclic) bond motifs is 2. The van der Waals surface area contributed by atoms with E-state index in [2.05, 4.69) is 47.1 Å². The predicted octanol–water partition coefficient (Wildman–Crippen LogP) is 2.97. The fraction of sp³-hybridized carbons (Fsp3) is 0.200.